The van der Waals surface area contributed by atoms with Gasteiger partial charge in [-0.1, -0.05) is 49.6 Å². The van der Waals surface area contributed by atoms with Gasteiger partial charge in [-0.25, -0.2) is 13.6 Å². The molecule has 0 radical (unpaired) electrons. The first kappa shape index (κ1) is 22.5. The molecule has 1 fully saturated rings. The SMILES string of the molecule is NS(=O)(=O)c1ccc(CNC(=O)CC2(CN3Cc4ccccc4C3=O)CCCCC2)cc1. The van der Waals surface area contributed by atoms with Crippen LogP contribution in [-0.4, -0.2) is 31.7 Å². The lowest BCUT2D eigenvalue weighted by Crippen LogP contribution is -2.42. The second-order valence-electron chi connectivity index (χ2n) is 9.02. The fraction of sp³-hybridized carbons (Fsp3) is 0.417. The molecule has 170 valence electrons. The number of carbonyl (C=O) groups is 2. The molecule has 2 aromatic rings. The highest BCUT2D eigenvalue weighted by Gasteiger charge is 2.39. The van der Waals surface area contributed by atoms with Gasteiger partial charge in [-0.3, -0.25) is 9.59 Å². The molecule has 2 amide bonds. The number of hydrogen-bond acceptors (Lipinski definition) is 4. The molecule has 7 nitrogen and oxygen atoms in total. The molecular weight excluding hydrogens is 426 g/mol. The highest BCUT2D eigenvalue weighted by Crippen LogP contribution is 2.41. The molecule has 0 saturated heterocycles. The standard InChI is InChI=1S/C24H29N3O4S/c25-32(30,31)20-10-8-18(9-11-20)15-26-22(28)14-24(12-4-1-5-13-24)17-27-16-19-6-2-3-7-21(19)23(27)29/h2-3,6-11H,1,4-5,12-17H2,(H,26,28)(H2,25,30,31). The zero-order chi connectivity index (χ0) is 22.8. The van der Waals surface area contributed by atoms with Crippen LogP contribution in [0.3, 0.4) is 0 Å². The number of primary sulfonamides is 1. The highest BCUT2D eigenvalue weighted by molar-refractivity contribution is 7.89. The lowest BCUT2D eigenvalue weighted by molar-refractivity contribution is -0.124. The molecule has 0 bridgehead atoms. The first-order valence-corrected chi connectivity index (χ1v) is 12.6. The zero-order valence-electron chi connectivity index (χ0n) is 18.0. The van der Waals surface area contributed by atoms with E-state index in [1.54, 1.807) is 12.1 Å². The maximum atomic E-state index is 12.9. The van der Waals surface area contributed by atoms with E-state index in [1.807, 2.05) is 29.2 Å². The van der Waals surface area contributed by atoms with Crippen LogP contribution in [0.4, 0.5) is 0 Å². The number of benzene rings is 2. The molecule has 1 saturated carbocycles. The van der Waals surface area contributed by atoms with Crippen molar-refractivity contribution in [1.82, 2.24) is 10.2 Å². The highest BCUT2D eigenvalue weighted by atomic mass is 32.2. The summed E-state index contributed by atoms with van der Waals surface area (Å²) in [5, 5.41) is 8.09. The quantitative estimate of drug-likeness (QED) is 0.669. The number of nitrogens with two attached hydrogens (primary N) is 1. The van der Waals surface area contributed by atoms with Gasteiger partial charge in [0.1, 0.15) is 0 Å². The smallest absolute Gasteiger partial charge is 0.254 e. The Kier molecular flexibility index (Phi) is 6.35. The van der Waals surface area contributed by atoms with Crippen molar-refractivity contribution < 1.29 is 18.0 Å². The van der Waals surface area contributed by atoms with Crippen molar-refractivity contribution in [2.75, 3.05) is 6.54 Å². The van der Waals surface area contributed by atoms with Crippen LogP contribution in [0.2, 0.25) is 0 Å². The Labute approximate surface area is 189 Å². The number of carbonyl (C=O) groups excluding carboxylic acids is 2. The predicted octanol–water partition coefficient (Wildman–Crippen LogP) is 2.95. The Morgan fingerprint density at radius 1 is 1.03 bits per heavy atom. The molecule has 0 spiro atoms. The molecule has 1 aliphatic heterocycles. The van der Waals surface area contributed by atoms with E-state index in [2.05, 4.69) is 5.32 Å². The third kappa shape index (κ3) is 5.02. The van der Waals surface area contributed by atoms with Gasteiger partial charge in [0.2, 0.25) is 15.9 Å². The van der Waals surface area contributed by atoms with Gasteiger partial charge >= 0.3 is 0 Å². The summed E-state index contributed by atoms with van der Waals surface area (Å²) in [5.41, 5.74) is 2.41. The molecule has 2 aromatic carbocycles. The van der Waals surface area contributed by atoms with Crippen LogP contribution in [0.25, 0.3) is 0 Å². The van der Waals surface area contributed by atoms with Gasteiger partial charge in [-0.15, -0.1) is 0 Å². The van der Waals surface area contributed by atoms with Crippen LogP contribution < -0.4 is 10.5 Å². The van der Waals surface area contributed by atoms with Crippen molar-refractivity contribution in [3.63, 3.8) is 0 Å². The van der Waals surface area contributed by atoms with Gasteiger partial charge in [0, 0.05) is 31.6 Å². The Bertz CT molecular complexity index is 1110. The predicted molar refractivity (Wildman–Crippen MR) is 121 cm³/mol. The molecule has 2 aliphatic rings. The lowest BCUT2D eigenvalue weighted by atomic mass is 9.71. The molecule has 32 heavy (non-hydrogen) atoms. The van der Waals surface area contributed by atoms with E-state index in [-0.39, 0.29) is 22.1 Å². The van der Waals surface area contributed by atoms with E-state index in [4.69, 9.17) is 5.14 Å². The van der Waals surface area contributed by atoms with Gasteiger partial charge in [0.05, 0.1) is 4.90 Å². The molecule has 8 heteroatoms. The first-order chi connectivity index (χ1) is 15.3. The van der Waals surface area contributed by atoms with Crippen LogP contribution in [0.1, 0.15) is 60.0 Å². The summed E-state index contributed by atoms with van der Waals surface area (Å²) in [6.07, 6.45) is 5.54. The minimum Gasteiger partial charge on any atom is -0.352 e. The first-order valence-electron chi connectivity index (χ1n) is 11.0. The number of nitrogens with zero attached hydrogens (tertiary/aromatic N) is 1. The minimum atomic E-state index is -3.73. The summed E-state index contributed by atoms with van der Waals surface area (Å²) in [6.45, 7) is 1.51. The van der Waals surface area contributed by atoms with Crippen LogP contribution in [-0.2, 0) is 27.9 Å². The van der Waals surface area contributed by atoms with Crippen LogP contribution in [0, 0.1) is 5.41 Å². The van der Waals surface area contributed by atoms with Crippen molar-refractivity contribution in [2.24, 2.45) is 10.6 Å². The lowest BCUT2D eigenvalue weighted by Gasteiger charge is -2.39. The summed E-state index contributed by atoms with van der Waals surface area (Å²) < 4.78 is 22.8. The van der Waals surface area contributed by atoms with Crippen LogP contribution in [0.15, 0.2) is 53.4 Å². The Balaban J connectivity index is 1.39. The molecule has 0 atom stereocenters. The van der Waals surface area contributed by atoms with Crippen LogP contribution in [0.5, 0.6) is 0 Å². The molecule has 0 unspecified atom stereocenters. The monoisotopic (exact) mass is 455 g/mol. The van der Waals surface area contributed by atoms with Crippen molar-refractivity contribution in [1.29, 1.82) is 0 Å². The third-order valence-electron chi connectivity index (χ3n) is 6.61. The van der Waals surface area contributed by atoms with Gasteiger partial charge in [-0.05, 0) is 47.6 Å². The van der Waals surface area contributed by atoms with Gasteiger partial charge < -0.3 is 10.2 Å². The Hall–Kier alpha value is -2.71. The third-order valence-corrected chi connectivity index (χ3v) is 7.54. The van der Waals surface area contributed by atoms with Crippen LogP contribution >= 0.6 is 0 Å². The van der Waals surface area contributed by atoms with Crippen molar-refractivity contribution in [3.8, 4) is 0 Å². The van der Waals surface area contributed by atoms with E-state index < -0.39 is 10.0 Å². The normalized spacial score (nSPS) is 17.8. The van der Waals surface area contributed by atoms with Gasteiger partial charge in [0.25, 0.3) is 5.91 Å². The molecule has 1 aliphatic carbocycles. The fourth-order valence-corrected chi connectivity index (χ4v) is 5.46. The molecule has 3 N–H and O–H groups in total. The van der Waals surface area contributed by atoms with Crippen molar-refractivity contribution in [3.05, 3.63) is 65.2 Å². The van der Waals surface area contributed by atoms with Gasteiger partial charge in [-0.2, -0.15) is 0 Å². The summed E-state index contributed by atoms with van der Waals surface area (Å²) in [4.78, 5) is 27.7. The second-order valence-corrected chi connectivity index (χ2v) is 10.6. The molecular formula is C24H29N3O4S. The number of fused-ring (bicyclic) bond motifs is 1. The largest absolute Gasteiger partial charge is 0.352 e. The fourth-order valence-electron chi connectivity index (χ4n) is 4.94. The molecule has 0 aromatic heterocycles. The average molecular weight is 456 g/mol. The summed E-state index contributed by atoms with van der Waals surface area (Å²) in [5.74, 6) is 0.00693. The average Bonchev–Trinajstić information content (AvgIpc) is 3.08. The van der Waals surface area contributed by atoms with E-state index in [0.717, 1.165) is 48.8 Å². The van der Waals surface area contributed by atoms with E-state index >= 15 is 0 Å². The number of hydrogen-bond donors (Lipinski definition) is 2. The van der Waals surface area contributed by atoms with Crippen molar-refractivity contribution >= 4 is 21.8 Å². The minimum absolute atomic E-state index is 0.0463. The second kappa shape index (κ2) is 9.03. The number of sulfonamides is 1. The number of rotatable bonds is 7. The van der Waals surface area contributed by atoms with E-state index in [9.17, 15) is 18.0 Å². The summed E-state index contributed by atoms with van der Waals surface area (Å²) in [6, 6.07) is 13.9. The number of amides is 2. The maximum absolute atomic E-state index is 12.9. The van der Waals surface area contributed by atoms with Gasteiger partial charge in [0.15, 0.2) is 0 Å². The van der Waals surface area contributed by atoms with E-state index in [0.29, 0.717) is 26.1 Å². The number of nitrogens with one attached hydrogen (secondary N) is 1. The topological polar surface area (TPSA) is 110 Å². The summed E-state index contributed by atoms with van der Waals surface area (Å²) >= 11 is 0. The maximum Gasteiger partial charge on any atom is 0.254 e. The zero-order valence-corrected chi connectivity index (χ0v) is 18.9. The van der Waals surface area contributed by atoms with E-state index in [1.165, 1.54) is 12.1 Å². The Morgan fingerprint density at radius 2 is 1.72 bits per heavy atom. The molecule has 4 rings (SSSR count). The van der Waals surface area contributed by atoms with Crippen molar-refractivity contribution in [2.45, 2.75) is 56.5 Å². The molecule has 1 heterocycles. The Morgan fingerprint density at radius 3 is 2.38 bits per heavy atom. The summed E-state index contributed by atoms with van der Waals surface area (Å²) in [7, 11) is -3.73.